The molecule has 0 amide bonds. The topological polar surface area (TPSA) is 0 Å². The van der Waals surface area contributed by atoms with Crippen LogP contribution in [0.1, 0.15) is 0 Å². The number of rotatable bonds is 0. The van der Waals surface area contributed by atoms with Gasteiger partial charge in [0.25, 0.3) is 0 Å². The van der Waals surface area contributed by atoms with Gasteiger partial charge in [0, 0.05) is 0 Å². The minimum absolute atomic E-state index is 0.973. The van der Waals surface area contributed by atoms with Crippen LogP contribution in [0.4, 0.5) is 0 Å². The summed E-state index contributed by atoms with van der Waals surface area (Å²) in [6, 6.07) is 8.15. The highest BCUT2D eigenvalue weighted by Crippen LogP contribution is 1.96. The Morgan fingerprint density at radius 1 is 1.20 bits per heavy atom. The molecule has 0 aromatic heterocycles. The van der Waals surface area contributed by atoms with E-state index in [2.05, 4.69) is 18.7 Å². The van der Waals surface area contributed by atoms with Gasteiger partial charge in [0.05, 0.1) is 0 Å². The fourth-order valence-corrected chi connectivity index (χ4v) is 1.13. The summed E-state index contributed by atoms with van der Waals surface area (Å²) in [5.74, 6) is 0. The third kappa shape index (κ3) is 0.695. The summed E-state index contributed by atoms with van der Waals surface area (Å²) in [6.07, 6.45) is 5.18. The van der Waals surface area contributed by atoms with Gasteiger partial charge in [-0.25, -0.2) is 0 Å². The molecule has 0 saturated heterocycles. The molecule has 0 fully saturated rings. The predicted octanol–water partition coefficient (Wildman–Crippen LogP) is 0.694. The van der Waals surface area contributed by atoms with E-state index >= 15 is 0 Å². The van der Waals surface area contributed by atoms with Crippen molar-refractivity contribution in [2.75, 3.05) is 0 Å². The van der Waals surface area contributed by atoms with Gasteiger partial charge in [-0.3, -0.25) is 0 Å². The van der Waals surface area contributed by atoms with Gasteiger partial charge < -0.3 is 0 Å². The molecule has 0 spiro atoms. The maximum Gasteiger partial charge on any atom is -0.00265 e. The van der Waals surface area contributed by atoms with Gasteiger partial charge in [0.1, 0.15) is 0 Å². The molecule has 47 valence electrons. The van der Waals surface area contributed by atoms with E-state index in [1.807, 2.05) is 24.3 Å². The molecule has 10 heavy (non-hydrogen) atoms. The van der Waals surface area contributed by atoms with Crippen molar-refractivity contribution in [3.05, 3.63) is 46.9 Å². The third-order valence-electron chi connectivity index (χ3n) is 1.59. The zero-order chi connectivity index (χ0) is 6.97. The quantitative estimate of drug-likeness (QED) is 0.481. The SMILES string of the molecule is C=C1[C]=c2ccccc2=C1. The van der Waals surface area contributed by atoms with Gasteiger partial charge in [-0.05, 0) is 28.2 Å². The summed E-state index contributed by atoms with van der Waals surface area (Å²) in [5.41, 5.74) is 0.973. The molecule has 0 N–H and O–H groups in total. The minimum atomic E-state index is 0.973. The first-order chi connectivity index (χ1) is 4.86. The molecule has 1 aliphatic rings. The van der Waals surface area contributed by atoms with E-state index in [9.17, 15) is 0 Å². The van der Waals surface area contributed by atoms with Crippen LogP contribution >= 0.6 is 0 Å². The Bertz CT molecular complexity index is 346. The molecule has 0 heterocycles. The molecule has 0 heteroatoms. The molecule has 1 aliphatic carbocycles. The normalized spacial score (nSPS) is 13.8. The average molecular weight is 127 g/mol. The Morgan fingerprint density at radius 2 is 2.00 bits per heavy atom. The molecular formula is C10H7. The molecule has 0 atom stereocenters. The van der Waals surface area contributed by atoms with Crippen molar-refractivity contribution in [1.82, 2.24) is 0 Å². The largest absolute Gasteiger partial charge is 0.0911 e. The summed E-state index contributed by atoms with van der Waals surface area (Å²) >= 11 is 0. The highest BCUT2D eigenvalue weighted by molar-refractivity contribution is 5.69. The number of benzene rings is 1. The van der Waals surface area contributed by atoms with E-state index in [0.29, 0.717) is 0 Å². The predicted molar refractivity (Wildman–Crippen MR) is 42.7 cm³/mol. The first-order valence-corrected chi connectivity index (χ1v) is 3.26. The summed E-state index contributed by atoms with van der Waals surface area (Å²) < 4.78 is 0. The maximum atomic E-state index is 3.80. The van der Waals surface area contributed by atoms with Gasteiger partial charge in [0.15, 0.2) is 0 Å². The van der Waals surface area contributed by atoms with Crippen molar-refractivity contribution in [1.29, 1.82) is 0 Å². The van der Waals surface area contributed by atoms with Crippen LogP contribution < -0.4 is 10.4 Å². The van der Waals surface area contributed by atoms with Crippen LogP contribution in [0.2, 0.25) is 0 Å². The Labute approximate surface area is 59.8 Å². The van der Waals surface area contributed by atoms with Gasteiger partial charge in [-0.15, -0.1) is 0 Å². The molecule has 0 aliphatic heterocycles. The average Bonchev–Trinajstić information content (AvgIpc) is 2.27. The molecule has 1 radical (unpaired) electrons. The molecule has 0 nitrogen and oxygen atoms in total. The first kappa shape index (κ1) is 5.48. The van der Waals surface area contributed by atoms with Crippen LogP contribution in [-0.2, 0) is 0 Å². The lowest BCUT2D eigenvalue weighted by Gasteiger charge is -1.78. The molecule has 0 unspecified atom stereocenters. The van der Waals surface area contributed by atoms with Crippen molar-refractivity contribution >= 4 is 12.2 Å². The summed E-state index contributed by atoms with van der Waals surface area (Å²) in [4.78, 5) is 0. The smallest absolute Gasteiger partial charge is 0.00265 e. The molecule has 0 saturated carbocycles. The lowest BCUT2D eigenvalue weighted by Crippen LogP contribution is -2.19. The van der Waals surface area contributed by atoms with Gasteiger partial charge in [0.2, 0.25) is 0 Å². The Balaban J connectivity index is 2.96. The van der Waals surface area contributed by atoms with Crippen molar-refractivity contribution < 1.29 is 0 Å². The Hall–Kier alpha value is -1.30. The van der Waals surface area contributed by atoms with Crippen LogP contribution in [0.5, 0.6) is 0 Å². The van der Waals surface area contributed by atoms with E-state index in [4.69, 9.17) is 0 Å². The molecule has 0 bridgehead atoms. The second-order valence-corrected chi connectivity index (χ2v) is 2.38. The van der Waals surface area contributed by atoms with Gasteiger partial charge in [-0.2, -0.15) is 0 Å². The van der Waals surface area contributed by atoms with Crippen LogP contribution in [0.3, 0.4) is 0 Å². The van der Waals surface area contributed by atoms with Crippen molar-refractivity contribution in [3.63, 3.8) is 0 Å². The molecule has 1 aromatic rings. The standard InChI is InChI=1S/C10H7/c1-8-6-9-4-2-3-5-10(9)7-8/h2-6H,1H2. The molecule has 1 aromatic carbocycles. The van der Waals surface area contributed by atoms with Crippen LogP contribution in [-0.4, -0.2) is 0 Å². The maximum absolute atomic E-state index is 3.80. The molecular weight excluding hydrogens is 120 g/mol. The monoisotopic (exact) mass is 127 g/mol. The minimum Gasteiger partial charge on any atom is -0.0911 e. The zero-order valence-electron chi connectivity index (χ0n) is 5.59. The second-order valence-electron chi connectivity index (χ2n) is 2.38. The summed E-state index contributed by atoms with van der Waals surface area (Å²) in [7, 11) is 0. The number of hydrogen-bond acceptors (Lipinski definition) is 0. The van der Waals surface area contributed by atoms with Crippen molar-refractivity contribution in [2.24, 2.45) is 0 Å². The zero-order valence-corrected chi connectivity index (χ0v) is 5.59. The van der Waals surface area contributed by atoms with E-state index < -0.39 is 0 Å². The summed E-state index contributed by atoms with van der Waals surface area (Å²) in [5, 5.41) is 2.39. The Kier molecular flexibility index (Phi) is 1.01. The highest BCUT2D eigenvalue weighted by Gasteiger charge is 1.93. The fraction of sp³-hybridized carbons (Fsp3) is 0. The van der Waals surface area contributed by atoms with Crippen molar-refractivity contribution in [2.45, 2.75) is 0 Å². The van der Waals surface area contributed by atoms with Gasteiger partial charge >= 0.3 is 0 Å². The van der Waals surface area contributed by atoms with Gasteiger partial charge in [-0.1, -0.05) is 30.8 Å². The van der Waals surface area contributed by atoms with E-state index in [0.717, 1.165) is 10.8 Å². The van der Waals surface area contributed by atoms with E-state index in [-0.39, 0.29) is 0 Å². The lowest BCUT2D eigenvalue weighted by atomic mass is 10.3. The number of allylic oxidation sites excluding steroid dienone is 1. The number of fused-ring (bicyclic) bond motifs is 1. The second kappa shape index (κ2) is 1.84. The van der Waals surface area contributed by atoms with Crippen molar-refractivity contribution in [3.8, 4) is 0 Å². The molecule has 2 rings (SSSR count). The van der Waals surface area contributed by atoms with Crippen LogP contribution in [0, 0.1) is 0 Å². The highest BCUT2D eigenvalue weighted by atomic mass is 14.0. The van der Waals surface area contributed by atoms with E-state index in [1.165, 1.54) is 5.22 Å². The Morgan fingerprint density at radius 3 is 2.80 bits per heavy atom. The van der Waals surface area contributed by atoms with E-state index in [1.54, 1.807) is 0 Å². The summed E-state index contributed by atoms with van der Waals surface area (Å²) in [6.45, 7) is 3.80. The fourth-order valence-electron chi connectivity index (χ4n) is 1.13. The lowest BCUT2D eigenvalue weighted by molar-refractivity contribution is 1.55. The first-order valence-electron chi connectivity index (χ1n) is 3.26. The van der Waals surface area contributed by atoms with Crippen LogP contribution in [0.15, 0.2) is 36.4 Å². The third-order valence-corrected chi connectivity index (χ3v) is 1.59. The number of hydrogen-bond donors (Lipinski definition) is 0. The van der Waals surface area contributed by atoms with Crippen LogP contribution in [0.25, 0.3) is 12.2 Å².